The first kappa shape index (κ1) is 25.5. The molecule has 1 aromatic heterocycles. The second-order valence-electron chi connectivity index (χ2n) is 8.17. The van der Waals surface area contributed by atoms with Crippen LogP contribution in [0.15, 0.2) is 82.0 Å². The maximum atomic E-state index is 13.1. The van der Waals surface area contributed by atoms with Crippen LogP contribution in [0.5, 0.6) is 17.2 Å². The Morgan fingerprint density at radius 3 is 2.35 bits per heavy atom. The van der Waals surface area contributed by atoms with Crippen LogP contribution in [-0.2, 0) is 20.9 Å². The van der Waals surface area contributed by atoms with Crippen LogP contribution in [0.1, 0.15) is 35.0 Å². The molecule has 0 saturated carbocycles. The quantitative estimate of drug-likeness (QED) is 0.259. The van der Waals surface area contributed by atoms with Gasteiger partial charge in [-0.1, -0.05) is 37.3 Å². The van der Waals surface area contributed by atoms with Crippen LogP contribution in [0.25, 0.3) is 11.0 Å². The number of benzene rings is 3. The molecule has 0 N–H and O–H groups in total. The van der Waals surface area contributed by atoms with Crippen LogP contribution in [0.2, 0.25) is 0 Å². The molecule has 0 unspecified atom stereocenters. The molecule has 0 saturated heterocycles. The fourth-order valence-corrected chi connectivity index (χ4v) is 3.45. The van der Waals surface area contributed by atoms with Gasteiger partial charge >= 0.3 is 11.9 Å². The van der Waals surface area contributed by atoms with E-state index in [1.54, 1.807) is 43.3 Å². The van der Waals surface area contributed by atoms with Crippen LogP contribution in [0.3, 0.4) is 0 Å². The minimum atomic E-state index is -0.519. The molecule has 0 aliphatic carbocycles. The molecule has 8 nitrogen and oxygen atoms in total. The van der Waals surface area contributed by atoms with E-state index in [0.29, 0.717) is 34.6 Å². The lowest BCUT2D eigenvalue weighted by Crippen LogP contribution is -2.15. The number of carbonyl (C=O) groups excluding carboxylic acids is 2. The smallest absolute Gasteiger partial charge is 0.344 e. The molecule has 1 heterocycles. The van der Waals surface area contributed by atoms with Gasteiger partial charge in [-0.25, -0.2) is 9.59 Å². The summed E-state index contributed by atoms with van der Waals surface area (Å²) in [6, 6.07) is 20.3. The summed E-state index contributed by atoms with van der Waals surface area (Å²) in [5.74, 6) is 0.0873. The van der Waals surface area contributed by atoms with Gasteiger partial charge in [-0.15, -0.1) is 0 Å². The summed E-state index contributed by atoms with van der Waals surface area (Å²) >= 11 is 0. The van der Waals surface area contributed by atoms with E-state index in [2.05, 4.69) is 0 Å². The first-order valence-electron chi connectivity index (χ1n) is 11.8. The molecule has 0 radical (unpaired) electrons. The lowest BCUT2D eigenvalue weighted by molar-refractivity contribution is -0.147. The molecule has 8 heteroatoms. The minimum absolute atomic E-state index is 0.0342. The van der Waals surface area contributed by atoms with Gasteiger partial charge in [-0.3, -0.25) is 4.79 Å². The summed E-state index contributed by atoms with van der Waals surface area (Å²) in [6.07, 6.45) is 0.735. The van der Waals surface area contributed by atoms with Crippen molar-refractivity contribution in [3.63, 3.8) is 0 Å². The first-order valence-corrected chi connectivity index (χ1v) is 11.8. The van der Waals surface area contributed by atoms with Crippen molar-refractivity contribution in [1.29, 1.82) is 0 Å². The third-order valence-corrected chi connectivity index (χ3v) is 5.33. The zero-order chi connectivity index (χ0) is 26.2. The Balaban J connectivity index is 1.42. The molecule has 3 aromatic carbocycles. The van der Waals surface area contributed by atoms with Crippen LogP contribution >= 0.6 is 0 Å². The van der Waals surface area contributed by atoms with Gasteiger partial charge in [0.05, 0.1) is 17.6 Å². The van der Waals surface area contributed by atoms with Crippen molar-refractivity contribution >= 4 is 22.9 Å². The van der Waals surface area contributed by atoms with Crippen molar-refractivity contribution in [3.8, 4) is 17.2 Å². The maximum Gasteiger partial charge on any atom is 0.344 e. The highest BCUT2D eigenvalue weighted by Gasteiger charge is 2.16. The summed E-state index contributed by atoms with van der Waals surface area (Å²) in [7, 11) is 0. The zero-order valence-electron chi connectivity index (χ0n) is 20.5. The number of fused-ring (bicyclic) bond motifs is 1. The van der Waals surface area contributed by atoms with E-state index in [1.807, 2.05) is 37.3 Å². The van der Waals surface area contributed by atoms with Crippen molar-refractivity contribution in [2.45, 2.75) is 26.9 Å². The fourth-order valence-electron chi connectivity index (χ4n) is 3.45. The van der Waals surface area contributed by atoms with Gasteiger partial charge in [0.1, 0.15) is 29.4 Å². The van der Waals surface area contributed by atoms with E-state index in [9.17, 15) is 14.4 Å². The van der Waals surface area contributed by atoms with E-state index in [4.69, 9.17) is 23.4 Å². The number of hydrogen-bond donors (Lipinski definition) is 0. The summed E-state index contributed by atoms with van der Waals surface area (Å²) < 4.78 is 27.4. The molecule has 0 atom stereocenters. The molecule has 37 heavy (non-hydrogen) atoms. The van der Waals surface area contributed by atoms with Gasteiger partial charge in [0.15, 0.2) is 6.61 Å². The van der Waals surface area contributed by atoms with Crippen LogP contribution in [-0.4, -0.2) is 25.2 Å². The Morgan fingerprint density at radius 2 is 1.62 bits per heavy atom. The molecule has 0 aliphatic rings. The third kappa shape index (κ3) is 6.55. The summed E-state index contributed by atoms with van der Waals surface area (Å²) in [4.78, 5) is 37.1. The van der Waals surface area contributed by atoms with Crippen molar-refractivity contribution < 1.29 is 33.0 Å². The second-order valence-corrected chi connectivity index (χ2v) is 8.17. The largest absolute Gasteiger partial charge is 0.482 e. The number of aryl methyl sites for hydroxylation is 1. The molecule has 0 fully saturated rings. The van der Waals surface area contributed by atoms with Crippen molar-refractivity contribution in [1.82, 2.24) is 0 Å². The average molecular weight is 503 g/mol. The SMILES string of the molecule is CCCOC(=O)c1ccc(Oc2c(C)oc3cc(OCC(=O)OCc4ccccc4)ccc3c2=O)cc1. The van der Waals surface area contributed by atoms with Gasteiger partial charge in [-0.2, -0.15) is 0 Å². The van der Waals surface area contributed by atoms with Crippen LogP contribution in [0.4, 0.5) is 0 Å². The monoisotopic (exact) mass is 502 g/mol. The molecule has 0 amide bonds. The number of hydrogen-bond acceptors (Lipinski definition) is 8. The Bertz CT molecular complexity index is 1440. The average Bonchev–Trinajstić information content (AvgIpc) is 2.92. The Hall–Kier alpha value is -4.59. The Labute approximate surface area is 213 Å². The Kier molecular flexibility index (Phi) is 8.20. The minimum Gasteiger partial charge on any atom is -0.482 e. The topological polar surface area (TPSA) is 101 Å². The summed E-state index contributed by atoms with van der Waals surface area (Å²) in [6.45, 7) is 3.74. The van der Waals surface area contributed by atoms with Crippen LogP contribution < -0.4 is 14.9 Å². The molecule has 4 rings (SSSR count). The number of ether oxygens (including phenoxy) is 4. The Morgan fingerprint density at radius 1 is 0.892 bits per heavy atom. The highest BCUT2D eigenvalue weighted by atomic mass is 16.6. The van der Waals surface area contributed by atoms with E-state index < -0.39 is 11.9 Å². The fraction of sp³-hybridized carbons (Fsp3) is 0.207. The van der Waals surface area contributed by atoms with E-state index in [0.717, 1.165) is 12.0 Å². The molecular weight excluding hydrogens is 476 g/mol. The van der Waals surface area contributed by atoms with Crippen LogP contribution in [0, 0.1) is 6.92 Å². The third-order valence-electron chi connectivity index (χ3n) is 5.33. The highest BCUT2D eigenvalue weighted by molar-refractivity contribution is 5.89. The number of carbonyl (C=O) groups is 2. The molecular formula is C29H26O8. The summed E-state index contributed by atoms with van der Waals surface area (Å²) in [5, 5.41) is 0.291. The van der Waals surface area contributed by atoms with Crippen molar-refractivity contribution in [2.75, 3.05) is 13.2 Å². The molecule has 0 bridgehead atoms. The van der Waals surface area contributed by atoms with Gasteiger partial charge in [0.2, 0.25) is 11.2 Å². The normalized spacial score (nSPS) is 10.6. The van der Waals surface area contributed by atoms with Gasteiger partial charge in [-0.05, 0) is 55.3 Å². The standard InChI is InChI=1S/C29H26O8/c1-3-15-33-29(32)21-9-11-22(12-10-21)37-28-19(2)36-25-16-23(13-14-24(25)27(28)31)34-18-26(30)35-17-20-7-5-4-6-8-20/h4-14,16H,3,15,17-18H2,1-2H3. The lowest BCUT2D eigenvalue weighted by Gasteiger charge is -2.11. The van der Waals surface area contributed by atoms with Gasteiger partial charge in [0.25, 0.3) is 0 Å². The van der Waals surface area contributed by atoms with Crippen molar-refractivity contribution in [2.24, 2.45) is 0 Å². The van der Waals surface area contributed by atoms with E-state index in [-0.39, 0.29) is 30.2 Å². The predicted molar refractivity (Wildman–Crippen MR) is 136 cm³/mol. The molecule has 190 valence electrons. The first-order chi connectivity index (χ1) is 17.9. The zero-order valence-corrected chi connectivity index (χ0v) is 20.5. The van der Waals surface area contributed by atoms with Crippen molar-refractivity contribution in [3.05, 3.63) is 99.9 Å². The van der Waals surface area contributed by atoms with Gasteiger partial charge < -0.3 is 23.4 Å². The number of esters is 2. The van der Waals surface area contributed by atoms with E-state index in [1.165, 1.54) is 6.07 Å². The predicted octanol–water partition coefficient (Wildman–Crippen LogP) is 5.58. The van der Waals surface area contributed by atoms with E-state index >= 15 is 0 Å². The molecule has 0 spiro atoms. The second kappa shape index (κ2) is 11.9. The molecule has 4 aromatic rings. The maximum absolute atomic E-state index is 13.1. The molecule has 0 aliphatic heterocycles. The lowest BCUT2D eigenvalue weighted by atomic mass is 10.2. The number of rotatable bonds is 10. The van der Waals surface area contributed by atoms with Gasteiger partial charge in [0, 0.05) is 6.07 Å². The highest BCUT2D eigenvalue weighted by Crippen LogP contribution is 2.27. The summed E-state index contributed by atoms with van der Waals surface area (Å²) in [5.41, 5.74) is 1.19.